The predicted octanol–water partition coefficient (Wildman–Crippen LogP) is 1.87. The summed E-state index contributed by atoms with van der Waals surface area (Å²) in [7, 11) is 0. The Morgan fingerprint density at radius 3 is 2.37 bits per heavy atom. The number of carbonyl (C=O) groups excluding carboxylic acids is 2. The van der Waals surface area contributed by atoms with E-state index in [2.05, 4.69) is 10.6 Å². The third-order valence-electron chi connectivity index (χ3n) is 4.27. The van der Waals surface area contributed by atoms with Crippen LogP contribution in [0.5, 0.6) is 0 Å². The summed E-state index contributed by atoms with van der Waals surface area (Å²) in [6.45, 7) is 6.59. The summed E-state index contributed by atoms with van der Waals surface area (Å²) in [5.74, 6) is -0.626. The fourth-order valence-electron chi connectivity index (χ4n) is 3.03. The Bertz CT molecular complexity index is 784. The van der Waals surface area contributed by atoms with Crippen molar-refractivity contribution in [2.24, 2.45) is 0 Å². The number of benzene rings is 1. The number of nitrogens with zero attached hydrogens (tertiary/aromatic N) is 2. The number of carbonyl (C=O) groups is 2. The fraction of sp³-hybridized carbons (Fsp3) is 0.526. The van der Waals surface area contributed by atoms with Gasteiger partial charge < -0.3 is 20.3 Å². The fourth-order valence-corrected chi connectivity index (χ4v) is 3.03. The van der Waals surface area contributed by atoms with Gasteiger partial charge in [0.15, 0.2) is 5.03 Å². The van der Waals surface area contributed by atoms with Gasteiger partial charge in [0.2, 0.25) is 5.91 Å². The monoisotopic (exact) mass is 420 g/mol. The van der Waals surface area contributed by atoms with Crippen LogP contribution in [-0.2, 0) is 16.0 Å². The molecule has 2 amide bonds. The maximum Gasteiger partial charge on any atom is 0.408 e. The molecule has 0 saturated carbocycles. The second kappa shape index (κ2) is 9.90. The summed E-state index contributed by atoms with van der Waals surface area (Å²) in [6, 6.07) is 5.95. The van der Waals surface area contributed by atoms with E-state index in [1.165, 1.54) is 0 Å². The van der Waals surface area contributed by atoms with Gasteiger partial charge in [0.25, 0.3) is 5.96 Å². The Morgan fingerprint density at radius 1 is 1.23 bits per heavy atom. The van der Waals surface area contributed by atoms with Crippen LogP contribution in [0.15, 0.2) is 24.3 Å². The number of nitro groups is 1. The maximum absolute atomic E-state index is 12.9. The van der Waals surface area contributed by atoms with E-state index in [4.69, 9.17) is 10.1 Å². The molecule has 1 atom stereocenters. The standard InChI is InChI=1S/C19H28N6O5/c1-19(2,3)30-18(27)22-15(16(26)24-10-4-5-11-24)12-13-6-8-14(9-7-13)21-17(20)23-25(28)29/h6-9,15H,4-5,10-12H2,1-3H3,(H,22,27)(H3,20,21,23)/t15-/m0/s1. The van der Waals surface area contributed by atoms with Gasteiger partial charge in [-0.15, -0.1) is 0 Å². The Balaban J connectivity index is 2.06. The highest BCUT2D eigenvalue weighted by Crippen LogP contribution is 2.15. The number of guanidine groups is 1. The van der Waals surface area contributed by atoms with Crippen LogP contribution in [0.1, 0.15) is 39.2 Å². The Hall–Kier alpha value is -3.37. The molecule has 2 rings (SSSR count). The average molecular weight is 420 g/mol. The topological polar surface area (TPSA) is 150 Å². The van der Waals surface area contributed by atoms with Gasteiger partial charge in [0.1, 0.15) is 11.6 Å². The van der Waals surface area contributed by atoms with Gasteiger partial charge in [0.05, 0.1) is 0 Å². The Labute approximate surface area is 174 Å². The molecule has 1 aromatic rings. The molecule has 0 radical (unpaired) electrons. The molecule has 164 valence electrons. The van der Waals surface area contributed by atoms with Gasteiger partial charge in [0, 0.05) is 25.2 Å². The van der Waals surface area contributed by atoms with E-state index in [1.54, 1.807) is 55.4 Å². The first kappa shape index (κ1) is 22.9. The molecule has 1 aromatic carbocycles. The van der Waals surface area contributed by atoms with E-state index < -0.39 is 28.7 Å². The second-order valence-corrected chi connectivity index (χ2v) is 8.00. The predicted molar refractivity (Wildman–Crippen MR) is 111 cm³/mol. The molecule has 1 fully saturated rings. The molecule has 0 aromatic heterocycles. The number of likely N-dealkylation sites (tertiary alicyclic amines) is 1. The minimum absolute atomic E-state index is 0.155. The lowest BCUT2D eigenvalue weighted by Crippen LogP contribution is -2.50. The van der Waals surface area contributed by atoms with Crippen molar-refractivity contribution in [3.63, 3.8) is 0 Å². The van der Waals surface area contributed by atoms with Crippen molar-refractivity contribution < 1.29 is 19.4 Å². The van der Waals surface area contributed by atoms with Crippen LogP contribution in [-0.4, -0.2) is 52.6 Å². The zero-order valence-electron chi connectivity index (χ0n) is 17.4. The minimum atomic E-state index is -0.833. The van der Waals surface area contributed by atoms with E-state index in [0.29, 0.717) is 18.8 Å². The smallest absolute Gasteiger partial charge is 0.408 e. The van der Waals surface area contributed by atoms with E-state index in [1.807, 2.05) is 0 Å². The summed E-state index contributed by atoms with van der Waals surface area (Å²) in [5, 5.41) is 22.2. The molecule has 30 heavy (non-hydrogen) atoms. The van der Waals surface area contributed by atoms with Crippen LogP contribution in [0.4, 0.5) is 10.5 Å². The molecule has 11 heteroatoms. The summed E-state index contributed by atoms with van der Waals surface area (Å²) >= 11 is 0. The third kappa shape index (κ3) is 7.57. The lowest BCUT2D eigenvalue weighted by molar-refractivity contribution is -0.525. The molecular weight excluding hydrogens is 392 g/mol. The molecule has 4 N–H and O–H groups in total. The quantitative estimate of drug-likeness (QED) is 0.237. The van der Waals surface area contributed by atoms with Gasteiger partial charge in [-0.25, -0.2) is 14.9 Å². The molecule has 1 aliphatic heterocycles. The molecule has 0 unspecified atom stereocenters. The van der Waals surface area contributed by atoms with Gasteiger partial charge >= 0.3 is 6.09 Å². The minimum Gasteiger partial charge on any atom is -0.444 e. The molecule has 1 saturated heterocycles. The van der Waals surface area contributed by atoms with Crippen LogP contribution in [0, 0.1) is 15.5 Å². The first-order valence-electron chi connectivity index (χ1n) is 9.67. The third-order valence-corrected chi connectivity index (χ3v) is 4.27. The zero-order valence-corrected chi connectivity index (χ0v) is 17.4. The first-order chi connectivity index (χ1) is 14.0. The molecule has 0 aliphatic carbocycles. The molecule has 11 nitrogen and oxygen atoms in total. The van der Waals surface area contributed by atoms with Crippen molar-refractivity contribution in [1.82, 2.24) is 15.6 Å². The molecule has 1 aliphatic rings. The number of alkyl carbamates (subject to hydrolysis) is 1. The van der Waals surface area contributed by atoms with E-state index in [0.717, 1.165) is 18.4 Å². The van der Waals surface area contributed by atoms with Crippen LogP contribution >= 0.6 is 0 Å². The van der Waals surface area contributed by atoms with Crippen LogP contribution in [0.25, 0.3) is 0 Å². The van der Waals surface area contributed by atoms with Gasteiger partial charge in [-0.05, 0) is 51.3 Å². The number of nitrogens with one attached hydrogen (secondary N) is 4. The number of anilines is 1. The first-order valence-corrected chi connectivity index (χ1v) is 9.67. The highest BCUT2D eigenvalue weighted by molar-refractivity contribution is 5.90. The van der Waals surface area contributed by atoms with Crippen LogP contribution in [0.2, 0.25) is 0 Å². The number of hydrogen-bond acceptors (Lipinski definition) is 6. The second-order valence-electron chi connectivity index (χ2n) is 8.00. The van der Waals surface area contributed by atoms with Crippen molar-refractivity contribution in [1.29, 1.82) is 5.41 Å². The van der Waals surface area contributed by atoms with E-state index in [9.17, 15) is 19.7 Å². The Morgan fingerprint density at radius 2 is 1.83 bits per heavy atom. The SMILES string of the molecule is CC(C)(C)OC(=O)N[C@@H](Cc1ccc(NC(=N)N[N+](=O)[O-])cc1)C(=O)N1CCCC1. The lowest BCUT2D eigenvalue weighted by atomic mass is 10.0. The van der Waals surface area contributed by atoms with Crippen molar-refractivity contribution in [2.45, 2.75) is 51.7 Å². The summed E-state index contributed by atoms with van der Waals surface area (Å²) in [6.07, 6.45) is 1.49. The maximum atomic E-state index is 12.9. The number of ether oxygens (including phenoxy) is 1. The molecular formula is C19H28N6O5. The number of hydrogen-bond donors (Lipinski definition) is 4. The summed E-state index contributed by atoms with van der Waals surface area (Å²) in [5.41, 5.74) is 2.28. The number of rotatable bonds is 6. The molecule has 1 heterocycles. The lowest BCUT2D eigenvalue weighted by Gasteiger charge is -2.26. The van der Waals surface area contributed by atoms with Crippen LogP contribution < -0.4 is 16.1 Å². The largest absolute Gasteiger partial charge is 0.444 e. The van der Waals surface area contributed by atoms with Gasteiger partial charge in [-0.3, -0.25) is 10.2 Å². The summed E-state index contributed by atoms with van der Waals surface area (Å²) < 4.78 is 5.30. The molecule has 0 spiro atoms. The number of amides is 2. The van der Waals surface area contributed by atoms with Crippen LogP contribution in [0.3, 0.4) is 0 Å². The number of hydrazine groups is 1. The highest BCUT2D eigenvalue weighted by Gasteiger charge is 2.29. The zero-order chi connectivity index (χ0) is 22.3. The summed E-state index contributed by atoms with van der Waals surface area (Å²) in [4.78, 5) is 37.2. The van der Waals surface area contributed by atoms with Crippen molar-refractivity contribution in [3.05, 3.63) is 39.9 Å². The highest BCUT2D eigenvalue weighted by atomic mass is 16.7. The van der Waals surface area contributed by atoms with Gasteiger partial charge in [-0.1, -0.05) is 17.6 Å². The Kier molecular flexibility index (Phi) is 7.56. The molecule has 0 bridgehead atoms. The van der Waals surface area contributed by atoms with Gasteiger partial charge in [-0.2, -0.15) is 0 Å². The van der Waals surface area contributed by atoms with E-state index in [-0.39, 0.29) is 12.3 Å². The van der Waals surface area contributed by atoms with Crippen molar-refractivity contribution in [3.8, 4) is 0 Å². The van der Waals surface area contributed by atoms with E-state index >= 15 is 0 Å². The van der Waals surface area contributed by atoms with Crippen molar-refractivity contribution >= 4 is 23.6 Å². The average Bonchev–Trinajstić information content (AvgIpc) is 3.14. The normalized spacial score (nSPS) is 14.6. The van der Waals surface area contributed by atoms with Crippen molar-refractivity contribution in [2.75, 3.05) is 18.4 Å².